The highest BCUT2D eigenvalue weighted by atomic mass is 16.5. The molecule has 5 heteroatoms. The lowest BCUT2D eigenvalue weighted by Gasteiger charge is -2.20. The second kappa shape index (κ2) is 5.59. The van der Waals surface area contributed by atoms with Gasteiger partial charge in [-0.2, -0.15) is 0 Å². The zero-order valence-corrected chi connectivity index (χ0v) is 12.6. The molecule has 1 aromatic rings. The Morgan fingerprint density at radius 2 is 1.89 bits per heavy atom. The van der Waals surface area contributed by atoms with Crippen molar-refractivity contribution in [3.05, 3.63) is 11.6 Å². The van der Waals surface area contributed by atoms with Crippen LogP contribution in [-0.2, 0) is 17.8 Å². The molecule has 0 aliphatic carbocycles. The first-order valence-corrected chi connectivity index (χ1v) is 7.23. The monoisotopic (exact) mass is 266 g/mol. The first-order valence-electron chi connectivity index (χ1n) is 7.23. The van der Waals surface area contributed by atoms with Crippen LogP contribution in [0.5, 0.6) is 0 Å². The maximum Gasteiger partial charge on any atom is 0.146 e. The molecule has 2 heterocycles. The molecule has 2 rings (SSSR count). The fraction of sp³-hybridized carbons (Fsp3) is 0.857. The van der Waals surface area contributed by atoms with Crippen LogP contribution in [0.4, 0.5) is 0 Å². The summed E-state index contributed by atoms with van der Waals surface area (Å²) in [6.07, 6.45) is 0.455. The Morgan fingerprint density at radius 1 is 1.21 bits per heavy atom. The summed E-state index contributed by atoms with van der Waals surface area (Å²) in [4.78, 5) is 0. The van der Waals surface area contributed by atoms with E-state index in [2.05, 4.69) is 49.4 Å². The molecule has 0 spiro atoms. The van der Waals surface area contributed by atoms with E-state index in [9.17, 15) is 0 Å². The summed E-state index contributed by atoms with van der Waals surface area (Å²) in [5, 5.41) is 8.67. The largest absolute Gasteiger partial charge is 0.374 e. The molecule has 1 aliphatic rings. The van der Waals surface area contributed by atoms with Gasteiger partial charge < -0.3 is 15.0 Å². The standard InChI is InChI=1S/C14H26N4O/c1-8(2)7-18-12(6-15)16-17-14(18)13-9(3)10(4)19-11(13)5/h8-11,13H,6-7,15H2,1-5H3. The van der Waals surface area contributed by atoms with Crippen LogP contribution < -0.4 is 5.73 Å². The second-order valence-electron chi connectivity index (χ2n) is 6.11. The second-order valence-corrected chi connectivity index (χ2v) is 6.11. The maximum absolute atomic E-state index is 5.93. The zero-order valence-electron chi connectivity index (χ0n) is 12.6. The summed E-state index contributed by atoms with van der Waals surface area (Å²) in [5.41, 5.74) is 5.78. The van der Waals surface area contributed by atoms with Gasteiger partial charge in [0.1, 0.15) is 11.6 Å². The number of ether oxygens (including phenoxy) is 1. The number of nitrogens with zero attached hydrogens (tertiary/aromatic N) is 3. The van der Waals surface area contributed by atoms with Gasteiger partial charge in [0.15, 0.2) is 0 Å². The Hall–Kier alpha value is -0.940. The van der Waals surface area contributed by atoms with Crippen LogP contribution in [0.3, 0.4) is 0 Å². The predicted octanol–water partition coefficient (Wildman–Crippen LogP) is 1.92. The van der Waals surface area contributed by atoms with Crippen molar-refractivity contribution in [3.8, 4) is 0 Å². The Morgan fingerprint density at radius 3 is 2.37 bits per heavy atom. The highest BCUT2D eigenvalue weighted by Gasteiger charge is 2.41. The molecule has 0 radical (unpaired) electrons. The minimum absolute atomic E-state index is 0.186. The van der Waals surface area contributed by atoms with Crippen molar-refractivity contribution in [2.24, 2.45) is 17.6 Å². The van der Waals surface area contributed by atoms with Crippen LogP contribution in [0, 0.1) is 11.8 Å². The zero-order chi connectivity index (χ0) is 14.2. The normalized spacial score (nSPS) is 31.3. The van der Waals surface area contributed by atoms with E-state index in [1.165, 1.54) is 0 Å². The van der Waals surface area contributed by atoms with Gasteiger partial charge in [-0.3, -0.25) is 0 Å². The highest BCUT2D eigenvalue weighted by molar-refractivity contribution is 5.09. The number of aromatic nitrogens is 3. The van der Waals surface area contributed by atoms with Crippen molar-refractivity contribution < 1.29 is 4.74 Å². The highest BCUT2D eigenvalue weighted by Crippen LogP contribution is 2.39. The van der Waals surface area contributed by atoms with Crippen LogP contribution in [0.2, 0.25) is 0 Å². The molecule has 19 heavy (non-hydrogen) atoms. The topological polar surface area (TPSA) is 66.0 Å². The number of hydrogen-bond donors (Lipinski definition) is 1. The Balaban J connectivity index is 2.36. The number of hydrogen-bond acceptors (Lipinski definition) is 4. The average molecular weight is 266 g/mol. The molecule has 1 fully saturated rings. The fourth-order valence-electron chi connectivity index (χ4n) is 3.02. The van der Waals surface area contributed by atoms with Crippen molar-refractivity contribution >= 4 is 0 Å². The molecule has 1 aliphatic heterocycles. The van der Waals surface area contributed by atoms with E-state index < -0.39 is 0 Å². The molecule has 108 valence electrons. The lowest BCUT2D eigenvalue weighted by Crippen LogP contribution is -2.22. The van der Waals surface area contributed by atoms with Crippen molar-refractivity contribution in [3.63, 3.8) is 0 Å². The van der Waals surface area contributed by atoms with E-state index in [1.54, 1.807) is 0 Å². The van der Waals surface area contributed by atoms with Crippen LogP contribution in [0.15, 0.2) is 0 Å². The molecular formula is C14H26N4O. The summed E-state index contributed by atoms with van der Waals surface area (Å²) in [6, 6.07) is 0. The van der Waals surface area contributed by atoms with Crippen molar-refractivity contribution in [1.82, 2.24) is 14.8 Å². The third-order valence-corrected chi connectivity index (χ3v) is 4.13. The van der Waals surface area contributed by atoms with Gasteiger partial charge in [-0.1, -0.05) is 20.8 Å². The van der Waals surface area contributed by atoms with Crippen LogP contribution >= 0.6 is 0 Å². The maximum atomic E-state index is 5.93. The molecular weight excluding hydrogens is 240 g/mol. The summed E-state index contributed by atoms with van der Waals surface area (Å²) >= 11 is 0. The van der Waals surface area contributed by atoms with Crippen molar-refractivity contribution in [1.29, 1.82) is 0 Å². The molecule has 4 unspecified atom stereocenters. The number of nitrogens with two attached hydrogens (primary N) is 1. The van der Waals surface area contributed by atoms with Crippen LogP contribution in [0.1, 0.15) is 52.2 Å². The third-order valence-electron chi connectivity index (χ3n) is 4.13. The smallest absolute Gasteiger partial charge is 0.146 e. The quantitative estimate of drug-likeness (QED) is 0.904. The third kappa shape index (κ3) is 2.67. The van der Waals surface area contributed by atoms with Gasteiger partial charge in [0.2, 0.25) is 0 Å². The van der Waals surface area contributed by atoms with E-state index >= 15 is 0 Å². The lowest BCUT2D eigenvalue weighted by molar-refractivity contribution is 0.0551. The van der Waals surface area contributed by atoms with Crippen LogP contribution in [-0.4, -0.2) is 27.0 Å². The van der Waals surface area contributed by atoms with E-state index in [0.717, 1.165) is 18.2 Å². The Kier molecular flexibility index (Phi) is 4.26. The predicted molar refractivity (Wildman–Crippen MR) is 74.7 cm³/mol. The molecule has 0 amide bonds. The molecule has 0 bridgehead atoms. The van der Waals surface area contributed by atoms with Gasteiger partial charge in [-0.05, 0) is 25.7 Å². The molecule has 0 saturated carbocycles. The van der Waals surface area contributed by atoms with Gasteiger partial charge in [-0.15, -0.1) is 10.2 Å². The van der Waals surface area contributed by atoms with Gasteiger partial charge in [-0.25, -0.2) is 0 Å². The average Bonchev–Trinajstić information content (AvgIpc) is 2.81. The first-order chi connectivity index (χ1) is 8.95. The fourth-order valence-corrected chi connectivity index (χ4v) is 3.02. The summed E-state index contributed by atoms with van der Waals surface area (Å²) in [6.45, 7) is 12.2. The lowest BCUT2D eigenvalue weighted by atomic mass is 9.88. The molecule has 0 aromatic carbocycles. The molecule has 2 N–H and O–H groups in total. The minimum Gasteiger partial charge on any atom is -0.374 e. The van der Waals surface area contributed by atoms with E-state index in [0.29, 0.717) is 24.3 Å². The van der Waals surface area contributed by atoms with Gasteiger partial charge in [0.05, 0.1) is 24.7 Å². The molecule has 1 saturated heterocycles. The SMILES string of the molecule is CC(C)Cn1c(CN)nnc1C1C(C)OC(C)C1C. The summed E-state index contributed by atoms with van der Waals surface area (Å²) < 4.78 is 8.13. The van der Waals surface area contributed by atoms with E-state index in [4.69, 9.17) is 10.5 Å². The van der Waals surface area contributed by atoms with E-state index in [1.807, 2.05) is 0 Å². The van der Waals surface area contributed by atoms with Crippen LogP contribution in [0.25, 0.3) is 0 Å². The molecule has 4 atom stereocenters. The molecule has 5 nitrogen and oxygen atoms in total. The molecule has 1 aromatic heterocycles. The number of rotatable bonds is 4. The van der Waals surface area contributed by atoms with Crippen molar-refractivity contribution in [2.75, 3.05) is 0 Å². The van der Waals surface area contributed by atoms with Gasteiger partial charge in [0.25, 0.3) is 0 Å². The minimum atomic E-state index is 0.186. The summed E-state index contributed by atoms with van der Waals surface area (Å²) in [5.74, 6) is 3.23. The van der Waals surface area contributed by atoms with E-state index in [-0.39, 0.29) is 12.2 Å². The van der Waals surface area contributed by atoms with Gasteiger partial charge in [0, 0.05) is 6.54 Å². The Bertz CT molecular complexity index is 429. The first kappa shape index (κ1) is 14.5. The Labute approximate surface area is 115 Å². The summed E-state index contributed by atoms with van der Waals surface area (Å²) in [7, 11) is 0. The van der Waals surface area contributed by atoms with Crippen molar-refractivity contribution in [2.45, 2.75) is 65.8 Å². The van der Waals surface area contributed by atoms with Gasteiger partial charge >= 0.3 is 0 Å².